The molecule has 1 saturated carbocycles. The van der Waals surface area contributed by atoms with Crippen LogP contribution in [0.3, 0.4) is 0 Å². The molecule has 1 unspecified atom stereocenters. The van der Waals surface area contributed by atoms with Crippen LogP contribution in [0.2, 0.25) is 0 Å². The molecular formula is C15H19NO4. The first-order valence-corrected chi connectivity index (χ1v) is 6.72. The van der Waals surface area contributed by atoms with Gasteiger partial charge in [-0.3, -0.25) is 4.79 Å². The molecule has 0 radical (unpaired) electrons. The Hall–Kier alpha value is -2.04. The Labute approximate surface area is 117 Å². The van der Waals surface area contributed by atoms with Crippen LogP contribution < -0.4 is 0 Å². The van der Waals surface area contributed by atoms with E-state index in [-0.39, 0.29) is 11.8 Å². The number of nitrogens with zero attached hydrogens (tertiary/aromatic N) is 1. The quantitative estimate of drug-likeness (QED) is 0.745. The molecule has 0 saturated heterocycles. The van der Waals surface area contributed by atoms with Crippen LogP contribution in [0.4, 0.5) is 0 Å². The summed E-state index contributed by atoms with van der Waals surface area (Å²) in [4.78, 5) is 24.3. The minimum Gasteiger partial charge on any atom is -0.508 e. The van der Waals surface area contributed by atoms with Crippen molar-refractivity contribution in [3.63, 3.8) is 0 Å². The third-order valence-corrected chi connectivity index (χ3v) is 3.92. The van der Waals surface area contributed by atoms with E-state index >= 15 is 0 Å². The van der Waals surface area contributed by atoms with E-state index in [9.17, 15) is 19.8 Å². The average molecular weight is 277 g/mol. The van der Waals surface area contributed by atoms with E-state index in [1.807, 2.05) is 0 Å². The molecule has 20 heavy (non-hydrogen) atoms. The maximum Gasteiger partial charge on any atom is 0.329 e. The van der Waals surface area contributed by atoms with E-state index in [0.29, 0.717) is 19.3 Å². The van der Waals surface area contributed by atoms with E-state index in [0.717, 1.165) is 18.4 Å². The number of carbonyl (C=O) groups excluding carboxylic acids is 1. The number of rotatable bonds is 7. The van der Waals surface area contributed by atoms with Crippen molar-refractivity contribution in [3.05, 3.63) is 29.8 Å². The highest BCUT2D eigenvalue weighted by atomic mass is 16.4. The van der Waals surface area contributed by atoms with Gasteiger partial charge in [0.15, 0.2) is 0 Å². The van der Waals surface area contributed by atoms with Gasteiger partial charge in [0.2, 0.25) is 6.41 Å². The average Bonchev–Trinajstić information content (AvgIpc) is 3.23. The second-order valence-electron chi connectivity index (χ2n) is 5.49. The number of phenols is 1. The lowest BCUT2D eigenvalue weighted by molar-refractivity contribution is -0.155. The zero-order valence-electron chi connectivity index (χ0n) is 11.5. The standard InChI is InChI=1S/C15H19NO4/c1-15(14(19)20,16(10-17)12-4-5-12)9-8-11-2-6-13(18)7-3-11/h2-3,6-7,10,12,18H,4-5,8-9H2,1H3,(H,19,20). The molecular weight excluding hydrogens is 258 g/mol. The second-order valence-corrected chi connectivity index (χ2v) is 5.49. The van der Waals surface area contributed by atoms with E-state index in [1.165, 1.54) is 4.90 Å². The number of amides is 1. The fourth-order valence-electron chi connectivity index (χ4n) is 2.35. The van der Waals surface area contributed by atoms with Crippen molar-refractivity contribution in [2.75, 3.05) is 0 Å². The van der Waals surface area contributed by atoms with Crippen LogP contribution >= 0.6 is 0 Å². The number of aryl methyl sites for hydroxylation is 1. The van der Waals surface area contributed by atoms with E-state index in [4.69, 9.17) is 0 Å². The van der Waals surface area contributed by atoms with Gasteiger partial charge in [-0.25, -0.2) is 4.79 Å². The van der Waals surface area contributed by atoms with E-state index in [1.54, 1.807) is 31.2 Å². The van der Waals surface area contributed by atoms with Gasteiger partial charge in [-0.2, -0.15) is 0 Å². The Bertz CT molecular complexity index is 495. The van der Waals surface area contributed by atoms with Crippen LogP contribution in [0, 0.1) is 0 Å². The number of hydrogen-bond donors (Lipinski definition) is 2. The summed E-state index contributed by atoms with van der Waals surface area (Å²) in [5.74, 6) is -0.794. The van der Waals surface area contributed by atoms with E-state index < -0.39 is 11.5 Å². The van der Waals surface area contributed by atoms with Gasteiger partial charge in [-0.15, -0.1) is 0 Å². The summed E-state index contributed by atoms with van der Waals surface area (Å²) in [5, 5.41) is 18.7. The maximum atomic E-state index is 11.6. The number of aliphatic carboxylic acids is 1. The lowest BCUT2D eigenvalue weighted by atomic mass is 9.91. The summed E-state index contributed by atoms with van der Waals surface area (Å²) in [6, 6.07) is 6.74. The number of carbonyl (C=O) groups is 2. The molecule has 1 aliphatic rings. The first kappa shape index (κ1) is 14.4. The minimum absolute atomic E-state index is 0.0633. The smallest absolute Gasteiger partial charge is 0.329 e. The van der Waals surface area contributed by atoms with Crippen molar-refractivity contribution in [3.8, 4) is 5.75 Å². The van der Waals surface area contributed by atoms with Crippen molar-refractivity contribution in [1.29, 1.82) is 0 Å². The molecule has 2 rings (SSSR count). The topological polar surface area (TPSA) is 77.8 Å². The van der Waals surface area contributed by atoms with Crippen LogP contribution in [0.25, 0.3) is 0 Å². The van der Waals surface area contributed by atoms with Crippen molar-refractivity contribution in [1.82, 2.24) is 4.90 Å². The first-order chi connectivity index (χ1) is 9.47. The summed E-state index contributed by atoms with van der Waals surface area (Å²) < 4.78 is 0. The Morgan fingerprint density at radius 2 is 2.00 bits per heavy atom. The van der Waals surface area contributed by atoms with E-state index in [2.05, 4.69) is 0 Å². The zero-order chi connectivity index (χ0) is 14.8. The number of phenolic OH excluding ortho intramolecular Hbond substituents is 1. The molecule has 1 aromatic rings. The Kier molecular flexibility index (Phi) is 3.97. The summed E-state index contributed by atoms with van der Waals surface area (Å²) in [6.07, 6.45) is 3.30. The highest BCUT2D eigenvalue weighted by Crippen LogP contribution is 2.34. The normalized spacial score (nSPS) is 17.2. The SMILES string of the molecule is CC(CCc1ccc(O)cc1)(C(=O)O)N(C=O)C1CC1. The Balaban J connectivity index is 2.10. The van der Waals surface area contributed by atoms with Crippen LogP contribution in [0.5, 0.6) is 5.75 Å². The second kappa shape index (κ2) is 5.53. The maximum absolute atomic E-state index is 11.6. The number of aromatic hydroxyl groups is 1. The van der Waals surface area contributed by atoms with Crippen LogP contribution in [-0.4, -0.2) is 39.1 Å². The van der Waals surface area contributed by atoms with Gasteiger partial charge < -0.3 is 15.1 Å². The molecule has 1 fully saturated rings. The third kappa shape index (κ3) is 2.92. The molecule has 108 valence electrons. The fourth-order valence-corrected chi connectivity index (χ4v) is 2.35. The van der Waals surface area contributed by atoms with Gasteiger partial charge in [-0.05, 0) is 50.3 Å². The molecule has 1 amide bonds. The highest BCUT2D eigenvalue weighted by Gasteiger charge is 2.45. The number of carboxylic acids is 1. The van der Waals surface area contributed by atoms with Crippen molar-refractivity contribution >= 4 is 12.4 Å². The van der Waals surface area contributed by atoms with Crippen LogP contribution in [0.1, 0.15) is 31.7 Å². The monoisotopic (exact) mass is 277 g/mol. The molecule has 1 aliphatic carbocycles. The molecule has 5 heteroatoms. The van der Waals surface area contributed by atoms with Gasteiger partial charge in [-0.1, -0.05) is 12.1 Å². The summed E-state index contributed by atoms with van der Waals surface area (Å²) in [5.41, 5.74) is -0.238. The van der Waals surface area contributed by atoms with Gasteiger partial charge in [0.1, 0.15) is 11.3 Å². The predicted octanol–water partition coefficient (Wildman–Crippen LogP) is 1.79. The molecule has 5 nitrogen and oxygen atoms in total. The fraction of sp³-hybridized carbons (Fsp3) is 0.467. The number of benzene rings is 1. The van der Waals surface area contributed by atoms with Crippen molar-refractivity contribution in [2.45, 2.75) is 44.2 Å². The van der Waals surface area contributed by atoms with Crippen LogP contribution in [-0.2, 0) is 16.0 Å². The summed E-state index contributed by atoms with van der Waals surface area (Å²) >= 11 is 0. The zero-order valence-corrected chi connectivity index (χ0v) is 11.5. The molecule has 1 atom stereocenters. The third-order valence-electron chi connectivity index (χ3n) is 3.92. The number of hydrogen-bond acceptors (Lipinski definition) is 3. The van der Waals surface area contributed by atoms with Gasteiger partial charge in [0.25, 0.3) is 0 Å². The highest BCUT2D eigenvalue weighted by molar-refractivity contribution is 5.81. The largest absolute Gasteiger partial charge is 0.508 e. The lowest BCUT2D eigenvalue weighted by Crippen LogP contribution is -2.53. The molecule has 0 aliphatic heterocycles. The molecule has 0 spiro atoms. The van der Waals surface area contributed by atoms with Crippen LogP contribution in [0.15, 0.2) is 24.3 Å². The molecule has 0 aromatic heterocycles. The number of carboxylic acid groups (broad SMARTS) is 1. The molecule has 2 N–H and O–H groups in total. The Morgan fingerprint density at radius 1 is 1.40 bits per heavy atom. The molecule has 0 bridgehead atoms. The van der Waals surface area contributed by atoms with Crippen molar-refractivity contribution < 1.29 is 19.8 Å². The van der Waals surface area contributed by atoms with Gasteiger partial charge in [0, 0.05) is 6.04 Å². The minimum atomic E-state index is -1.18. The predicted molar refractivity (Wildman–Crippen MR) is 73.4 cm³/mol. The lowest BCUT2D eigenvalue weighted by Gasteiger charge is -2.35. The first-order valence-electron chi connectivity index (χ1n) is 6.72. The summed E-state index contributed by atoms with van der Waals surface area (Å²) in [6.45, 7) is 1.60. The van der Waals surface area contributed by atoms with Crippen molar-refractivity contribution in [2.24, 2.45) is 0 Å². The molecule has 0 heterocycles. The molecule has 1 aromatic carbocycles. The van der Waals surface area contributed by atoms with Gasteiger partial charge >= 0.3 is 5.97 Å². The Morgan fingerprint density at radius 3 is 2.45 bits per heavy atom. The van der Waals surface area contributed by atoms with Gasteiger partial charge in [0.05, 0.1) is 0 Å². The summed E-state index contributed by atoms with van der Waals surface area (Å²) in [7, 11) is 0.